The third-order valence-corrected chi connectivity index (χ3v) is 3.33. The Morgan fingerprint density at radius 2 is 2.31 bits per heavy atom. The minimum Gasteiger partial charge on any atom is -0.394 e. The lowest BCUT2D eigenvalue weighted by Crippen LogP contribution is -2.42. The van der Waals surface area contributed by atoms with E-state index in [1.54, 1.807) is 0 Å². The molecule has 0 radical (unpaired) electrons. The van der Waals surface area contributed by atoms with Gasteiger partial charge < -0.3 is 10.0 Å². The Morgan fingerprint density at radius 3 is 3.00 bits per heavy atom. The van der Waals surface area contributed by atoms with E-state index in [4.69, 9.17) is 0 Å². The highest BCUT2D eigenvalue weighted by molar-refractivity contribution is 9.10. The van der Waals surface area contributed by atoms with Crippen molar-refractivity contribution in [3.05, 3.63) is 16.5 Å². The molecule has 0 bridgehead atoms. The van der Waals surface area contributed by atoms with Crippen LogP contribution in [0.5, 0.6) is 0 Å². The Morgan fingerprint density at radius 1 is 1.50 bits per heavy atom. The summed E-state index contributed by atoms with van der Waals surface area (Å²) < 4.78 is 0.803. The molecule has 1 aromatic heterocycles. The summed E-state index contributed by atoms with van der Waals surface area (Å²) >= 11 is 3.38. The molecule has 2 heterocycles. The number of piperidine rings is 1. The van der Waals surface area contributed by atoms with Gasteiger partial charge in [0.2, 0.25) is 0 Å². The van der Waals surface area contributed by atoms with E-state index in [1.165, 1.54) is 6.42 Å². The molecule has 1 atom stereocenters. The van der Waals surface area contributed by atoms with Gasteiger partial charge in [0.1, 0.15) is 16.2 Å². The second-order valence-electron chi connectivity index (χ2n) is 4.12. The van der Waals surface area contributed by atoms with Crippen molar-refractivity contribution in [2.75, 3.05) is 18.1 Å². The molecule has 4 nitrogen and oxygen atoms in total. The second kappa shape index (κ2) is 5.10. The van der Waals surface area contributed by atoms with E-state index < -0.39 is 0 Å². The van der Waals surface area contributed by atoms with Crippen LogP contribution in [0.1, 0.15) is 25.1 Å². The molecule has 1 aromatic rings. The van der Waals surface area contributed by atoms with E-state index in [-0.39, 0.29) is 12.6 Å². The molecular weight excluding hydrogens is 270 g/mol. The number of rotatable bonds is 2. The van der Waals surface area contributed by atoms with Crippen molar-refractivity contribution in [1.82, 2.24) is 9.97 Å². The van der Waals surface area contributed by atoms with Gasteiger partial charge in [-0.3, -0.25) is 0 Å². The summed E-state index contributed by atoms with van der Waals surface area (Å²) in [5, 5.41) is 9.36. The van der Waals surface area contributed by atoms with Crippen LogP contribution in [0.15, 0.2) is 10.7 Å². The number of aliphatic hydroxyl groups is 1. The summed E-state index contributed by atoms with van der Waals surface area (Å²) in [6.07, 6.45) is 3.39. The largest absolute Gasteiger partial charge is 0.394 e. The zero-order valence-corrected chi connectivity index (χ0v) is 10.9. The summed E-state index contributed by atoms with van der Waals surface area (Å²) in [7, 11) is 0. The molecule has 88 valence electrons. The molecule has 1 fully saturated rings. The molecule has 0 saturated carbocycles. The zero-order valence-electron chi connectivity index (χ0n) is 9.36. The molecule has 16 heavy (non-hydrogen) atoms. The van der Waals surface area contributed by atoms with Crippen LogP contribution in [0.2, 0.25) is 0 Å². The number of aromatic nitrogens is 2. The molecule has 1 saturated heterocycles. The van der Waals surface area contributed by atoms with Crippen LogP contribution < -0.4 is 4.90 Å². The molecule has 0 amide bonds. The number of aryl methyl sites for hydroxylation is 1. The Labute approximate surface area is 104 Å². The predicted octanol–water partition coefficient (Wildman–Crippen LogP) is 1.90. The summed E-state index contributed by atoms with van der Waals surface area (Å²) in [5.74, 6) is 1.67. The maximum absolute atomic E-state index is 9.36. The standard InChI is InChI=1S/C11H16BrN3O/c1-8-13-10(12)6-11(14-8)15-5-3-2-4-9(15)7-16/h6,9,16H,2-5,7H2,1H3. The first-order valence-corrected chi connectivity index (χ1v) is 6.38. The van der Waals surface area contributed by atoms with Crippen LogP contribution >= 0.6 is 15.9 Å². The Hall–Kier alpha value is -0.680. The van der Waals surface area contributed by atoms with Crippen LogP contribution in [0.25, 0.3) is 0 Å². The fraction of sp³-hybridized carbons (Fsp3) is 0.636. The van der Waals surface area contributed by atoms with Crippen LogP contribution in [-0.4, -0.2) is 34.3 Å². The number of hydrogen-bond acceptors (Lipinski definition) is 4. The van der Waals surface area contributed by atoms with Gasteiger partial charge in [-0.2, -0.15) is 0 Å². The van der Waals surface area contributed by atoms with E-state index >= 15 is 0 Å². The molecule has 0 aliphatic carbocycles. The Bertz CT molecular complexity index is 352. The monoisotopic (exact) mass is 285 g/mol. The fourth-order valence-electron chi connectivity index (χ4n) is 2.16. The highest BCUT2D eigenvalue weighted by Gasteiger charge is 2.23. The normalized spacial score (nSPS) is 21.2. The first-order valence-electron chi connectivity index (χ1n) is 5.59. The zero-order chi connectivity index (χ0) is 11.5. The summed E-state index contributed by atoms with van der Waals surface area (Å²) in [6, 6.07) is 2.12. The van der Waals surface area contributed by atoms with Crippen LogP contribution in [0, 0.1) is 6.92 Å². The van der Waals surface area contributed by atoms with Gasteiger partial charge >= 0.3 is 0 Å². The van der Waals surface area contributed by atoms with Crippen molar-refractivity contribution < 1.29 is 5.11 Å². The van der Waals surface area contributed by atoms with Gasteiger partial charge in [0.25, 0.3) is 0 Å². The lowest BCUT2D eigenvalue weighted by molar-refractivity contribution is 0.239. The summed E-state index contributed by atoms with van der Waals surface area (Å²) in [4.78, 5) is 10.8. The Balaban J connectivity index is 2.26. The number of anilines is 1. The molecule has 0 spiro atoms. The maximum Gasteiger partial charge on any atom is 0.133 e. The molecule has 1 unspecified atom stereocenters. The van der Waals surface area contributed by atoms with Crippen LogP contribution in [0.3, 0.4) is 0 Å². The maximum atomic E-state index is 9.36. The SMILES string of the molecule is Cc1nc(Br)cc(N2CCCCC2CO)n1. The van der Waals surface area contributed by atoms with Gasteiger partial charge in [-0.1, -0.05) is 0 Å². The molecule has 1 aliphatic heterocycles. The van der Waals surface area contributed by atoms with Gasteiger partial charge in [-0.05, 0) is 42.1 Å². The highest BCUT2D eigenvalue weighted by atomic mass is 79.9. The Kier molecular flexibility index (Phi) is 3.76. The smallest absolute Gasteiger partial charge is 0.133 e. The van der Waals surface area contributed by atoms with Gasteiger partial charge in [-0.15, -0.1) is 0 Å². The van der Waals surface area contributed by atoms with Gasteiger partial charge in [0.15, 0.2) is 0 Å². The molecule has 0 aromatic carbocycles. The van der Waals surface area contributed by atoms with Crippen molar-refractivity contribution in [1.29, 1.82) is 0 Å². The average molecular weight is 286 g/mol. The fourth-order valence-corrected chi connectivity index (χ4v) is 2.62. The molecule has 5 heteroatoms. The van der Waals surface area contributed by atoms with Crippen molar-refractivity contribution in [3.8, 4) is 0 Å². The first kappa shape index (κ1) is 11.8. The van der Waals surface area contributed by atoms with Crippen molar-refractivity contribution >= 4 is 21.7 Å². The van der Waals surface area contributed by atoms with E-state index in [0.29, 0.717) is 0 Å². The number of halogens is 1. The van der Waals surface area contributed by atoms with Gasteiger partial charge in [0.05, 0.1) is 12.6 Å². The predicted molar refractivity (Wildman–Crippen MR) is 66.5 cm³/mol. The third-order valence-electron chi connectivity index (χ3n) is 2.93. The lowest BCUT2D eigenvalue weighted by Gasteiger charge is -2.35. The second-order valence-corrected chi connectivity index (χ2v) is 4.93. The number of nitrogens with zero attached hydrogens (tertiary/aromatic N) is 3. The van der Waals surface area contributed by atoms with Crippen molar-refractivity contribution in [2.24, 2.45) is 0 Å². The van der Waals surface area contributed by atoms with Gasteiger partial charge in [-0.25, -0.2) is 9.97 Å². The quantitative estimate of drug-likeness (QED) is 0.844. The van der Waals surface area contributed by atoms with Gasteiger partial charge in [0, 0.05) is 12.6 Å². The van der Waals surface area contributed by atoms with Crippen molar-refractivity contribution in [2.45, 2.75) is 32.2 Å². The van der Waals surface area contributed by atoms with Crippen molar-refractivity contribution in [3.63, 3.8) is 0 Å². The van der Waals surface area contributed by atoms with Crippen LogP contribution in [-0.2, 0) is 0 Å². The molecule has 2 rings (SSSR count). The molecule has 1 aliphatic rings. The average Bonchev–Trinajstić information content (AvgIpc) is 2.27. The first-order chi connectivity index (χ1) is 7.70. The topological polar surface area (TPSA) is 49.2 Å². The third kappa shape index (κ3) is 2.52. The minimum absolute atomic E-state index is 0.195. The lowest BCUT2D eigenvalue weighted by atomic mass is 10.0. The van der Waals surface area contributed by atoms with E-state index in [2.05, 4.69) is 30.8 Å². The minimum atomic E-state index is 0.195. The van der Waals surface area contributed by atoms with E-state index in [9.17, 15) is 5.11 Å². The number of aliphatic hydroxyl groups excluding tert-OH is 1. The molecule has 1 N–H and O–H groups in total. The van der Waals surface area contributed by atoms with E-state index in [0.717, 1.165) is 35.6 Å². The number of hydrogen-bond donors (Lipinski definition) is 1. The van der Waals surface area contributed by atoms with E-state index in [1.807, 2.05) is 13.0 Å². The summed E-state index contributed by atoms with van der Waals surface area (Å²) in [6.45, 7) is 3.04. The summed E-state index contributed by atoms with van der Waals surface area (Å²) in [5.41, 5.74) is 0. The van der Waals surface area contributed by atoms with Crippen LogP contribution in [0.4, 0.5) is 5.82 Å². The molecular formula is C11H16BrN3O. The highest BCUT2D eigenvalue weighted by Crippen LogP contribution is 2.24.